The summed E-state index contributed by atoms with van der Waals surface area (Å²) >= 11 is 0. The summed E-state index contributed by atoms with van der Waals surface area (Å²) in [4.78, 5) is 12.1. The van der Waals surface area contributed by atoms with Gasteiger partial charge in [-0.05, 0) is 51.2 Å². The summed E-state index contributed by atoms with van der Waals surface area (Å²) in [5.41, 5.74) is 0.841. The molecule has 0 aromatic heterocycles. The van der Waals surface area contributed by atoms with E-state index in [0.717, 1.165) is 38.2 Å². The summed E-state index contributed by atoms with van der Waals surface area (Å²) in [6.07, 6.45) is 3.37. The fraction of sp³-hybridized carbons (Fsp3) is 0.588. The minimum atomic E-state index is -0.194. The van der Waals surface area contributed by atoms with E-state index in [0.29, 0.717) is 12.0 Å². The second kappa shape index (κ2) is 8.15. The average Bonchev–Trinajstić information content (AvgIpc) is 2.49. The van der Waals surface area contributed by atoms with Crippen LogP contribution in [0, 0.1) is 5.92 Å². The summed E-state index contributed by atoms with van der Waals surface area (Å²) in [6.45, 7) is 5.82. The van der Waals surface area contributed by atoms with Crippen molar-refractivity contribution in [3.8, 4) is 0 Å². The molecule has 1 aliphatic rings. The number of amides is 1. The molecule has 0 spiro atoms. The highest BCUT2D eigenvalue weighted by Gasteiger charge is 2.20. The van der Waals surface area contributed by atoms with Crippen LogP contribution in [0.2, 0.25) is 0 Å². The third-order valence-corrected chi connectivity index (χ3v) is 4.00. The molecule has 4 heteroatoms. The van der Waals surface area contributed by atoms with Gasteiger partial charge >= 0.3 is 0 Å². The number of para-hydroxylation sites is 1. The van der Waals surface area contributed by atoms with Crippen molar-refractivity contribution >= 4 is 11.6 Å². The van der Waals surface area contributed by atoms with Crippen LogP contribution in [0.5, 0.6) is 0 Å². The van der Waals surface area contributed by atoms with E-state index in [-0.39, 0.29) is 11.9 Å². The van der Waals surface area contributed by atoms with E-state index >= 15 is 0 Å². The van der Waals surface area contributed by atoms with Gasteiger partial charge in [0.05, 0.1) is 6.04 Å². The van der Waals surface area contributed by atoms with Gasteiger partial charge in [-0.1, -0.05) is 18.2 Å². The molecule has 2 atom stereocenters. The molecule has 2 rings (SSSR count). The minimum absolute atomic E-state index is 0.0139. The smallest absolute Gasteiger partial charge is 0.241 e. The van der Waals surface area contributed by atoms with Crippen LogP contribution >= 0.6 is 0 Å². The van der Waals surface area contributed by atoms with E-state index in [4.69, 9.17) is 4.74 Å². The monoisotopic (exact) mass is 290 g/mol. The first-order valence-corrected chi connectivity index (χ1v) is 7.85. The van der Waals surface area contributed by atoms with Gasteiger partial charge in [-0.15, -0.1) is 0 Å². The van der Waals surface area contributed by atoms with E-state index in [1.54, 1.807) is 0 Å². The van der Waals surface area contributed by atoms with Gasteiger partial charge in [0.25, 0.3) is 0 Å². The van der Waals surface area contributed by atoms with E-state index < -0.39 is 0 Å². The molecule has 4 nitrogen and oxygen atoms in total. The maximum absolute atomic E-state index is 12.1. The summed E-state index contributed by atoms with van der Waals surface area (Å²) in [5.74, 6) is 0.727. The first-order valence-electron chi connectivity index (χ1n) is 7.85. The van der Waals surface area contributed by atoms with Crippen LogP contribution < -0.4 is 10.6 Å². The number of ether oxygens (including phenoxy) is 1. The molecule has 1 saturated heterocycles. The van der Waals surface area contributed by atoms with Gasteiger partial charge < -0.3 is 15.4 Å². The first-order chi connectivity index (χ1) is 10.1. The zero-order valence-corrected chi connectivity index (χ0v) is 13.0. The Morgan fingerprint density at radius 2 is 1.90 bits per heavy atom. The van der Waals surface area contributed by atoms with Crippen LogP contribution in [-0.4, -0.2) is 31.2 Å². The van der Waals surface area contributed by atoms with Crippen LogP contribution in [0.1, 0.15) is 33.1 Å². The molecule has 0 aliphatic carbocycles. The lowest BCUT2D eigenvalue weighted by Crippen LogP contribution is -2.43. The molecule has 0 saturated carbocycles. The molecule has 1 amide bonds. The third kappa shape index (κ3) is 5.48. The zero-order valence-electron chi connectivity index (χ0n) is 13.0. The molecule has 116 valence electrons. The quantitative estimate of drug-likeness (QED) is 0.847. The Bertz CT molecular complexity index is 430. The lowest BCUT2D eigenvalue weighted by molar-refractivity contribution is -0.118. The Hall–Kier alpha value is -1.39. The highest BCUT2D eigenvalue weighted by atomic mass is 16.5. The molecule has 1 aromatic carbocycles. The Kier molecular flexibility index (Phi) is 6.21. The molecule has 1 fully saturated rings. The number of anilines is 1. The summed E-state index contributed by atoms with van der Waals surface area (Å²) in [5, 5.41) is 6.32. The minimum Gasteiger partial charge on any atom is -0.381 e. The van der Waals surface area contributed by atoms with E-state index in [9.17, 15) is 4.79 Å². The van der Waals surface area contributed by atoms with Crippen molar-refractivity contribution in [3.05, 3.63) is 30.3 Å². The number of rotatable bonds is 6. The van der Waals surface area contributed by atoms with Gasteiger partial charge in [0.15, 0.2) is 0 Å². The van der Waals surface area contributed by atoms with Gasteiger partial charge in [0.2, 0.25) is 5.91 Å². The number of hydrogen-bond acceptors (Lipinski definition) is 3. The van der Waals surface area contributed by atoms with Crippen LogP contribution in [0.3, 0.4) is 0 Å². The topological polar surface area (TPSA) is 50.4 Å². The van der Waals surface area contributed by atoms with Crippen LogP contribution in [0.15, 0.2) is 30.3 Å². The van der Waals surface area contributed by atoms with Crippen molar-refractivity contribution in [3.63, 3.8) is 0 Å². The van der Waals surface area contributed by atoms with E-state index in [2.05, 4.69) is 17.6 Å². The molecule has 1 aromatic rings. The molecule has 1 aliphatic heterocycles. The zero-order chi connectivity index (χ0) is 15.1. The Morgan fingerprint density at radius 3 is 2.57 bits per heavy atom. The van der Waals surface area contributed by atoms with Gasteiger partial charge in [0, 0.05) is 24.9 Å². The lowest BCUT2D eigenvalue weighted by Gasteiger charge is -2.27. The fourth-order valence-electron chi connectivity index (χ4n) is 2.82. The average molecular weight is 290 g/mol. The Balaban J connectivity index is 1.74. The van der Waals surface area contributed by atoms with Crippen molar-refractivity contribution in [2.45, 2.75) is 45.2 Å². The normalized spacial score (nSPS) is 19.0. The third-order valence-electron chi connectivity index (χ3n) is 4.00. The molecular weight excluding hydrogens is 264 g/mol. The number of hydrogen-bond donors (Lipinski definition) is 2. The van der Waals surface area contributed by atoms with Crippen molar-refractivity contribution in [2.75, 3.05) is 18.5 Å². The van der Waals surface area contributed by atoms with Gasteiger partial charge in [-0.25, -0.2) is 0 Å². The molecule has 2 N–H and O–H groups in total. The first kappa shape index (κ1) is 16.0. The number of carbonyl (C=O) groups is 1. The standard InChI is InChI=1S/C17H26N2O2/c1-13(12-15-8-10-21-11-9-15)18-14(2)17(20)19-16-6-4-3-5-7-16/h3-7,13-15,18H,8-12H2,1-2H3,(H,19,20)/t13-,14-/m1/s1. The lowest BCUT2D eigenvalue weighted by atomic mass is 9.93. The van der Waals surface area contributed by atoms with Gasteiger partial charge in [-0.3, -0.25) is 4.79 Å². The molecular formula is C17H26N2O2. The predicted molar refractivity (Wildman–Crippen MR) is 85.3 cm³/mol. The van der Waals surface area contributed by atoms with Crippen LogP contribution in [-0.2, 0) is 9.53 Å². The Morgan fingerprint density at radius 1 is 1.24 bits per heavy atom. The molecule has 0 bridgehead atoms. The molecule has 1 heterocycles. The summed E-state index contributed by atoms with van der Waals surface area (Å²) in [7, 11) is 0. The number of benzene rings is 1. The van der Waals surface area contributed by atoms with Gasteiger partial charge in [0.1, 0.15) is 0 Å². The summed E-state index contributed by atoms with van der Waals surface area (Å²) < 4.78 is 5.38. The molecule has 0 radical (unpaired) electrons. The molecule has 21 heavy (non-hydrogen) atoms. The highest BCUT2D eigenvalue weighted by Crippen LogP contribution is 2.20. The predicted octanol–water partition coefficient (Wildman–Crippen LogP) is 2.81. The second-order valence-corrected chi connectivity index (χ2v) is 5.94. The second-order valence-electron chi connectivity index (χ2n) is 5.94. The fourth-order valence-corrected chi connectivity index (χ4v) is 2.82. The van der Waals surface area contributed by atoms with Gasteiger partial charge in [-0.2, -0.15) is 0 Å². The van der Waals surface area contributed by atoms with E-state index in [1.807, 2.05) is 37.3 Å². The maximum atomic E-state index is 12.1. The van der Waals surface area contributed by atoms with Crippen molar-refractivity contribution in [1.29, 1.82) is 0 Å². The Labute approximate surface area is 127 Å². The van der Waals surface area contributed by atoms with Crippen molar-refractivity contribution in [2.24, 2.45) is 5.92 Å². The highest BCUT2D eigenvalue weighted by molar-refractivity contribution is 5.94. The van der Waals surface area contributed by atoms with Crippen LogP contribution in [0.4, 0.5) is 5.69 Å². The van der Waals surface area contributed by atoms with Crippen molar-refractivity contribution < 1.29 is 9.53 Å². The molecule has 0 unspecified atom stereocenters. The van der Waals surface area contributed by atoms with E-state index in [1.165, 1.54) is 0 Å². The van der Waals surface area contributed by atoms with Crippen molar-refractivity contribution in [1.82, 2.24) is 5.32 Å². The number of nitrogens with one attached hydrogen (secondary N) is 2. The SMILES string of the molecule is C[C@H](CC1CCOCC1)N[C@H](C)C(=O)Nc1ccccc1. The van der Waals surface area contributed by atoms with Crippen LogP contribution in [0.25, 0.3) is 0 Å². The number of carbonyl (C=O) groups excluding carboxylic acids is 1. The summed E-state index contributed by atoms with van der Waals surface area (Å²) in [6, 6.07) is 9.72. The maximum Gasteiger partial charge on any atom is 0.241 e. The largest absolute Gasteiger partial charge is 0.381 e.